The van der Waals surface area contributed by atoms with E-state index >= 15 is 0 Å². The minimum atomic E-state index is -1.12. The molecule has 0 heterocycles. The highest BCUT2D eigenvalue weighted by molar-refractivity contribution is 9.08. The standard InChI is InChI=1S/C8H7BrO3/c9-4-5-1-2-7(10)6(3-5)8(11)12/h1-3,10H,4H2,(H,11,12). The smallest absolute Gasteiger partial charge is 0.339 e. The lowest BCUT2D eigenvalue weighted by molar-refractivity contribution is 0.0693. The van der Waals surface area contributed by atoms with Crippen LogP contribution < -0.4 is 0 Å². The number of phenols is 1. The van der Waals surface area contributed by atoms with E-state index in [-0.39, 0.29) is 11.3 Å². The van der Waals surface area contributed by atoms with Crippen LogP contribution in [0.15, 0.2) is 18.2 Å². The van der Waals surface area contributed by atoms with E-state index in [2.05, 4.69) is 15.9 Å². The molecule has 0 unspecified atom stereocenters. The second-order valence-electron chi connectivity index (χ2n) is 2.29. The summed E-state index contributed by atoms with van der Waals surface area (Å²) < 4.78 is 0. The zero-order valence-corrected chi connectivity index (χ0v) is 7.71. The summed E-state index contributed by atoms with van der Waals surface area (Å²) in [5, 5.41) is 18.3. The Labute approximate surface area is 77.8 Å². The molecule has 12 heavy (non-hydrogen) atoms. The van der Waals surface area contributed by atoms with Crippen molar-refractivity contribution in [1.82, 2.24) is 0 Å². The summed E-state index contributed by atoms with van der Waals surface area (Å²) in [4.78, 5) is 10.5. The topological polar surface area (TPSA) is 57.5 Å². The predicted octanol–water partition coefficient (Wildman–Crippen LogP) is 1.99. The summed E-state index contributed by atoms with van der Waals surface area (Å²) in [5.74, 6) is -1.32. The maximum absolute atomic E-state index is 10.5. The molecule has 0 atom stereocenters. The van der Waals surface area contributed by atoms with Gasteiger partial charge >= 0.3 is 5.97 Å². The molecular weight excluding hydrogens is 224 g/mol. The molecule has 0 aromatic heterocycles. The molecule has 0 aliphatic carbocycles. The molecule has 2 N–H and O–H groups in total. The predicted molar refractivity (Wildman–Crippen MR) is 47.7 cm³/mol. The highest BCUT2D eigenvalue weighted by Gasteiger charge is 2.08. The third-order valence-electron chi connectivity index (χ3n) is 1.45. The molecule has 3 nitrogen and oxygen atoms in total. The van der Waals surface area contributed by atoms with Crippen LogP contribution in [0.2, 0.25) is 0 Å². The number of carboxylic acids is 1. The molecule has 64 valence electrons. The summed E-state index contributed by atoms with van der Waals surface area (Å²) in [7, 11) is 0. The van der Waals surface area contributed by atoms with E-state index in [9.17, 15) is 4.79 Å². The summed E-state index contributed by atoms with van der Waals surface area (Å²) in [6.45, 7) is 0. The number of hydrogen-bond donors (Lipinski definition) is 2. The maximum atomic E-state index is 10.5. The third kappa shape index (κ3) is 1.76. The van der Waals surface area contributed by atoms with E-state index in [1.54, 1.807) is 6.07 Å². The lowest BCUT2D eigenvalue weighted by Gasteiger charge is -2.00. The molecule has 1 aromatic rings. The number of aromatic hydroxyl groups is 1. The van der Waals surface area contributed by atoms with Crippen LogP contribution >= 0.6 is 15.9 Å². The monoisotopic (exact) mass is 230 g/mol. The minimum absolute atomic E-state index is 0.0630. The Hall–Kier alpha value is -1.03. The molecule has 0 radical (unpaired) electrons. The van der Waals surface area contributed by atoms with Crippen LogP contribution in [0.4, 0.5) is 0 Å². The first-order chi connectivity index (χ1) is 5.65. The van der Waals surface area contributed by atoms with Crippen molar-refractivity contribution in [2.24, 2.45) is 0 Å². The fourth-order valence-corrected chi connectivity index (χ4v) is 1.19. The van der Waals surface area contributed by atoms with Crippen LogP contribution in [0.3, 0.4) is 0 Å². The van der Waals surface area contributed by atoms with Crippen LogP contribution in [-0.4, -0.2) is 16.2 Å². The van der Waals surface area contributed by atoms with Crippen LogP contribution in [0.5, 0.6) is 5.75 Å². The van der Waals surface area contributed by atoms with E-state index in [1.165, 1.54) is 12.1 Å². The zero-order valence-electron chi connectivity index (χ0n) is 6.12. The number of carboxylic acid groups (broad SMARTS) is 1. The lowest BCUT2D eigenvalue weighted by atomic mass is 10.1. The first kappa shape index (κ1) is 9.06. The number of carbonyl (C=O) groups is 1. The number of aromatic carboxylic acids is 1. The Morgan fingerprint density at radius 3 is 2.67 bits per heavy atom. The summed E-state index contributed by atoms with van der Waals surface area (Å²) in [5.41, 5.74) is 0.761. The average molecular weight is 231 g/mol. The summed E-state index contributed by atoms with van der Waals surface area (Å²) in [6.07, 6.45) is 0. The normalized spacial score (nSPS) is 9.75. The Morgan fingerprint density at radius 1 is 1.50 bits per heavy atom. The first-order valence-electron chi connectivity index (χ1n) is 3.26. The van der Waals surface area contributed by atoms with Gasteiger partial charge in [-0.3, -0.25) is 0 Å². The van der Waals surface area contributed by atoms with E-state index in [0.717, 1.165) is 5.56 Å². The molecule has 0 aliphatic heterocycles. The Kier molecular flexibility index (Phi) is 2.70. The van der Waals surface area contributed by atoms with Crippen LogP contribution in [0.25, 0.3) is 0 Å². The zero-order chi connectivity index (χ0) is 9.14. The van der Waals surface area contributed by atoms with Gasteiger partial charge in [0.1, 0.15) is 11.3 Å². The van der Waals surface area contributed by atoms with E-state index < -0.39 is 5.97 Å². The van der Waals surface area contributed by atoms with Gasteiger partial charge in [-0.1, -0.05) is 22.0 Å². The van der Waals surface area contributed by atoms with Crippen molar-refractivity contribution >= 4 is 21.9 Å². The van der Waals surface area contributed by atoms with Crippen LogP contribution in [0.1, 0.15) is 15.9 Å². The molecule has 1 aromatic carbocycles. The molecule has 0 fully saturated rings. The number of halogens is 1. The minimum Gasteiger partial charge on any atom is -0.507 e. The highest BCUT2D eigenvalue weighted by Crippen LogP contribution is 2.19. The van der Waals surface area contributed by atoms with Crippen molar-refractivity contribution in [2.45, 2.75) is 5.33 Å². The second-order valence-corrected chi connectivity index (χ2v) is 2.85. The molecule has 0 saturated carbocycles. The lowest BCUT2D eigenvalue weighted by Crippen LogP contribution is -1.97. The van der Waals surface area contributed by atoms with Gasteiger partial charge in [-0.2, -0.15) is 0 Å². The van der Waals surface area contributed by atoms with Crippen LogP contribution in [-0.2, 0) is 5.33 Å². The quantitative estimate of drug-likeness (QED) is 0.765. The second kappa shape index (κ2) is 3.58. The van der Waals surface area contributed by atoms with E-state index in [1.807, 2.05) is 0 Å². The molecule has 1 rings (SSSR count). The van der Waals surface area contributed by atoms with Gasteiger partial charge in [0, 0.05) is 5.33 Å². The SMILES string of the molecule is O=C(O)c1cc(CBr)ccc1O. The molecule has 0 amide bonds. The van der Waals surface area contributed by atoms with Crippen molar-refractivity contribution in [3.8, 4) is 5.75 Å². The Morgan fingerprint density at radius 2 is 2.17 bits per heavy atom. The number of benzene rings is 1. The molecular formula is C8H7BrO3. The largest absolute Gasteiger partial charge is 0.507 e. The van der Waals surface area contributed by atoms with Crippen molar-refractivity contribution in [3.63, 3.8) is 0 Å². The molecule has 0 saturated heterocycles. The van der Waals surface area contributed by atoms with Gasteiger partial charge in [0.2, 0.25) is 0 Å². The van der Waals surface area contributed by atoms with Gasteiger partial charge in [-0.05, 0) is 17.7 Å². The van der Waals surface area contributed by atoms with Gasteiger partial charge in [0.15, 0.2) is 0 Å². The summed E-state index contributed by atoms with van der Waals surface area (Å²) >= 11 is 3.19. The Bertz CT molecular complexity index is 309. The van der Waals surface area contributed by atoms with Crippen LogP contribution in [0, 0.1) is 0 Å². The number of rotatable bonds is 2. The van der Waals surface area contributed by atoms with E-state index in [0.29, 0.717) is 5.33 Å². The Balaban J connectivity index is 3.17. The van der Waals surface area contributed by atoms with Gasteiger partial charge < -0.3 is 10.2 Å². The van der Waals surface area contributed by atoms with Gasteiger partial charge in [0.25, 0.3) is 0 Å². The molecule has 0 bridgehead atoms. The van der Waals surface area contributed by atoms with Gasteiger partial charge in [-0.25, -0.2) is 4.79 Å². The average Bonchev–Trinajstić information content (AvgIpc) is 2.05. The van der Waals surface area contributed by atoms with Crippen molar-refractivity contribution in [1.29, 1.82) is 0 Å². The fraction of sp³-hybridized carbons (Fsp3) is 0.125. The van der Waals surface area contributed by atoms with E-state index in [4.69, 9.17) is 10.2 Å². The van der Waals surface area contributed by atoms with Crippen molar-refractivity contribution in [3.05, 3.63) is 29.3 Å². The fourth-order valence-electron chi connectivity index (χ4n) is 0.838. The first-order valence-corrected chi connectivity index (χ1v) is 4.38. The van der Waals surface area contributed by atoms with Crippen molar-refractivity contribution < 1.29 is 15.0 Å². The maximum Gasteiger partial charge on any atom is 0.339 e. The highest BCUT2D eigenvalue weighted by atomic mass is 79.9. The molecule has 4 heteroatoms. The molecule has 0 spiro atoms. The molecule has 0 aliphatic rings. The number of hydrogen-bond acceptors (Lipinski definition) is 2. The summed E-state index contributed by atoms with van der Waals surface area (Å²) in [6, 6.07) is 4.48. The van der Waals surface area contributed by atoms with Gasteiger partial charge in [-0.15, -0.1) is 0 Å². The third-order valence-corrected chi connectivity index (χ3v) is 2.09. The van der Waals surface area contributed by atoms with Gasteiger partial charge in [0.05, 0.1) is 0 Å². The number of alkyl halides is 1. The van der Waals surface area contributed by atoms with Crippen molar-refractivity contribution in [2.75, 3.05) is 0 Å².